The molecule has 1 fully saturated rings. The van der Waals surface area contributed by atoms with E-state index in [9.17, 15) is 4.79 Å². The first-order chi connectivity index (χ1) is 13.6. The molecule has 1 aliphatic rings. The third kappa shape index (κ3) is 10.3. The van der Waals surface area contributed by atoms with Crippen molar-refractivity contribution >= 4 is 35.8 Å². The van der Waals surface area contributed by atoms with Gasteiger partial charge in [-0.1, -0.05) is 44.5 Å². The summed E-state index contributed by atoms with van der Waals surface area (Å²) in [5.41, 5.74) is 2.58. The molecule has 0 saturated carbocycles. The molecule has 0 spiro atoms. The molecule has 1 aliphatic heterocycles. The summed E-state index contributed by atoms with van der Waals surface area (Å²) in [5.74, 6) is 0.867. The molecule has 3 N–H and O–H groups in total. The number of hydrogen-bond donors (Lipinski definition) is 3. The highest BCUT2D eigenvalue weighted by molar-refractivity contribution is 14.0. The standard InChI is InChI=1S/C22H37N5O.HI/c1-4-23-22(25-13-12-24-21(28)18(2)3)26-16-19-8-10-20(11-9-19)17-27-14-6-5-7-15-27;/h8-11,18H,4-7,12-17H2,1-3H3,(H,24,28)(H2,23,25,26);1H. The zero-order valence-electron chi connectivity index (χ0n) is 18.2. The molecule has 1 saturated heterocycles. The zero-order valence-corrected chi connectivity index (χ0v) is 20.5. The Bertz CT molecular complexity index is 612. The lowest BCUT2D eigenvalue weighted by molar-refractivity contribution is -0.123. The number of carbonyl (C=O) groups is 1. The lowest BCUT2D eigenvalue weighted by Crippen LogP contribution is -2.42. The van der Waals surface area contributed by atoms with Gasteiger partial charge in [0.15, 0.2) is 5.96 Å². The highest BCUT2D eigenvalue weighted by Crippen LogP contribution is 2.14. The summed E-state index contributed by atoms with van der Waals surface area (Å²) in [7, 11) is 0. The topological polar surface area (TPSA) is 68.8 Å². The minimum absolute atomic E-state index is 0. The second kappa shape index (κ2) is 14.6. The first kappa shape index (κ1) is 25.7. The lowest BCUT2D eigenvalue weighted by atomic mass is 10.1. The average molecular weight is 515 g/mol. The van der Waals surface area contributed by atoms with Crippen molar-refractivity contribution in [1.82, 2.24) is 20.9 Å². The molecule has 7 heteroatoms. The van der Waals surface area contributed by atoms with Gasteiger partial charge in [0.25, 0.3) is 0 Å². The molecule has 1 heterocycles. The maximum Gasteiger partial charge on any atom is 0.222 e. The fourth-order valence-electron chi connectivity index (χ4n) is 3.21. The Morgan fingerprint density at radius 3 is 2.24 bits per heavy atom. The number of nitrogens with one attached hydrogen (secondary N) is 3. The van der Waals surface area contributed by atoms with Gasteiger partial charge in [-0.3, -0.25) is 9.69 Å². The second-order valence-corrected chi connectivity index (χ2v) is 7.72. The van der Waals surface area contributed by atoms with Crippen LogP contribution < -0.4 is 16.0 Å². The van der Waals surface area contributed by atoms with Crippen LogP contribution in [0.25, 0.3) is 0 Å². The molecule has 1 aromatic rings. The van der Waals surface area contributed by atoms with Gasteiger partial charge >= 0.3 is 0 Å². The number of piperidine rings is 1. The van der Waals surface area contributed by atoms with Gasteiger partial charge in [0.1, 0.15) is 0 Å². The predicted octanol–water partition coefficient (Wildman–Crippen LogP) is 3.12. The number of guanidine groups is 1. The van der Waals surface area contributed by atoms with Crippen molar-refractivity contribution < 1.29 is 4.79 Å². The first-order valence-electron chi connectivity index (χ1n) is 10.7. The molecular weight excluding hydrogens is 477 g/mol. The van der Waals surface area contributed by atoms with E-state index in [4.69, 9.17) is 0 Å². The van der Waals surface area contributed by atoms with Crippen molar-refractivity contribution in [3.05, 3.63) is 35.4 Å². The van der Waals surface area contributed by atoms with Crippen molar-refractivity contribution in [2.75, 3.05) is 32.7 Å². The van der Waals surface area contributed by atoms with E-state index in [1.165, 1.54) is 43.5 Å². The maximum absolute atomic E-state index is 11.6. The molecule has 1 aromatic carbocycles. The summed E-state index contributed by atoms with van der Waals surface area (Å²) >= 11 is 0. The average Bonchev–Trinajstić information content (AvgIpc) is 2.70. The van der Waals surface area contributed by atoms with E-state index in [1.807, 2.05) is 20.8 Å². The first-order valence-corrected chi connectivity index (χ1v) is 10.7. The van der Waals surface area contributed by atoms with Crippen LogP contribution in [0.3, 0.4) is 0 Å². The highest BCUT2D eigenvalue weighted by atomic mass is 127. The normalized spacial score (nSPS) is 15.0. The van der Waals surface area contributed by atoms with Crippen molar-refractivity contribution in [2.45, 2.75) is 53.1 Å². The van der Waals surface area contributed by atoms with Crippen molar-refractivity contribution in [2.24, 2.45) is 10.9 Å². The number of halogens is 1. The van der Waals surface area contributed by atoms with Crippen LogP contribution in [0.4, 0.5) is 0 Å². The van der Waals surface area contributed by atoms with E-state index in [0.717, 1.165) is 19.0 Å². The molecule has 0 atom stereocenters. The number of nitrogens with zero attached hydrogens (tertiary/aromatic N) is 2. The van der Waals surface area contributed by atoms with Crippen LogP contribution in [0.1, 0.15) is 51.2 Å². The van der Waals surface area contributed by atoms with E-state index in [1.54, 1.807) is 0 Å². The highest BCUT2D eigenvalue weighted by Gasteiger charge is 2.10. The molecule has 164 valence electrons. The second-order valence-electron chi connectivity index (χ2n) is 7.72. The summed E-state index contributed by atoms with van der Waals surface area (Å²) in [6.07, 6.45) is 4.03. The van der Waals surface area contributed by atoms with Crippen molar-refractivity contribution in [3.8, 4) is 0 Å². The van der Waals surface area contributed by atoms with Crippen molar-refractivity contribution in [1.29, 1.82) is 0 Å². The van der Waals surface area contributed by atoms with Gasteiger partial charge in [-0.15, -0.1) is 24.0 Å². The fourth-order valence-corrected chi connectivity index (χ4v) is 3.21. The van der Waals surface area contributed by atoms with Crippen LogP contribution in [0.2, 0.25) is 0 Å². The molecule has 0 bridgehead atoms. The Morgan fingerprint density at radius 1 is 1.00 bits per heavy atom. The molecule has 0 unspecified atom stereocenters. The van der Waals surface area contributed by atoms with Crippen LogP contribution in [-0.4, -0.2) is 49.5 Å². The van der Waals surface area contributed by atoms with E-state index >= 15 is 0 Å². The van der Waals surface area contributed by atoms with Gasteiger partial charge in [-0.25, -0.2) is 4.99 Å². The molecule has 2 rings (SSSR count). The Balaban J connectivity index is 0.00000420. The molecule has 0 aromatic heterocycles. The van der Waals surface area contributed by atoms with Crippen LogP contribution in [0, 0.1) is 5.92 Å². The largest absolute Gasteiger partial charge is 0.357 e. The number of aliphatic imine (C=N–C) groups is 1. The number of amides is 1. The predicted molar refractivity (Wildman–Crippen MR) is 132 cm³/mol. The van der Waals surface area contributed by atoms with E-state index < -0.39 is 0 Å². The molecule has 0 radical (unpaired) electrons. The fraction of sp³-hybridized carbons (Fsp3) is 0.636. The minimum Gasteiger partial charge on any atom is -0.357 e. The number of hydrogen-bond acceptors (Lipinski definition) is 3. The maximum atomic E-state index is 11.6. The number of carbonyl (C=O) groups excluding carboxylic acids is 1. The Hall–Kier alpha value is -1.35. The third-order valence-electron chi connectivity index (χ3n) is 4.88. The SMILES string of the molecule is CCNC(=NCc1ccc(CN2CCCCC2)cc1)NCCNC(=O)C(C)C.I. The van der Waals surface area contributed by atoms with Crippen LogP contribution in [0.15, 0.2) is 29.3 Å². The molecule has 1 amide bonds. The minimum atomic E-state index is 0. The van der Waals surface area contributed by atoms with Gasteiger partial charge < -0.3 is 16.0 Å². The summed E-state index contributed by atoms with van der Waals surface area (Å²) in [6, 6.07) is 8.80. The molecule has 29 heavy (non-hydrogen) atoms. The van der Waals surface area contributed by atoms with E-state index in [-0.39, 0.29) is 35.8 Å². The van der Waals surface area contributed by atoms with Crippen LogP contribution >= 0.6 is 24.0 Å². The molecule has 6 nitrogen and oxygen atoms in total. The summed E-state index contributed by atoms with van der Waals surface area (Å²) in [4.78, 5) is 18.8. The number of rotatable bonds is 9. The third-order valence-corrected chi connectivity index (χ3v) is 4.88. The summed E-state index contributed by atoms with van der Waals surface area (Å²) < 4.78 is 0. The van der Waals surface area contributed by atoms with Crippen molar-refractivity contribution in [3.63, 3.8) is 0 Å². The molecule has 0 aliphatic carbocycles. The number of likely N-dealkylation sites (tertiary alicyclic amines) is 1. The smallest absolute Gasteiger partial charge is 0.222 e. The summed E-state index contributed by atoms with van der Waals surface area (Å²) in [5, 5.41) is 9.42. The monoisotopic (exact) mass is 515 g/mol. The van der Waals surface area contributed by atoms with Gasteiger partial charge in [-0.2, -0.15) is 0 Å². The Labute approximate surface area is 193 Å². The van der Waals surface area contributed by atoms with Crippen LogP contribution in [0.5, 0.6) is 0 Å². The van der Waals surface area contributed by atoms with Gasteiger partial charge in [0.05, 0.1) is 6.54 Å². The van der Waals surface area contributed by atoms with Crippen LogP contribution in [-0.2, 0) is 17.9 Å². The zero-order chi connectivity index (χ0) is 20.2. The quantitative estimate of drug-likeness (QED) is 0.205. The van der Waals surface area contributed by atoms with E-state index in [0.29, 0.717) is 19.6 Å². The van der Waals surface area contributed by atoms with Gasteiger partial charge in [0, 0.05) is 32.1 Å². The van der Waals surface area contributed by atoms with Gasteiger partial charge in [0.2, 0.25) is 5.91 Å². The summed E-state index contributed by atoms with van der Waals surface area (Å²) in [6.45, 7) is 12.0. The Kier molecular flexibility index (Phi) is 12.9. The van der Waals surface area contributed by atoms with Gasteiger partial charge in [-0.05, 0) is 44.0 Å². The number of benzene rings is 1. The van der Waals surface area contributed by atoms with E-state index in [2.05, 4.69) is 50.1 Å². The molecular formula is C22H38IN5O. The Morgan fingerprint density at radius 2 is 1.62 bits per heavy atom. The lowest BCUT2D eigenvalue weighted by Gasteiger charge is -2.26.